The molecule has 2 rings (SSSR count). The molecular weight excluding hydrogens is 140 g/mol. The number of hydrogen-bond acceptors (Lipinski definition) is 3. The van der Waals surface area contributed by atoms with Crippen LogP contribution in [0.1, 0.15) is 5.69 Å². The third-order valence-corrected chi connectivity index (χ3v) is 1.99. The van der Waals surface area contributed by atoms with E-state index in [1.807, 2.05) is 13.1 Å². The van der Waals surface area contributed by atoms with E-state index in [9.17, 15) is 0 Å². The van der Waals surface area contributed by atoms with Gasteiger partial charge in [-0.3, -0.25) is 0 Å². The van der Waals surface area contributed by atoms with E-state index in [4.69, 9.17) is 5.73 Å². The molecule has 0 fully saturated rings. The minimum atomic E-state index is 0.218. The van der Waals surface area contributed by atoms with Gasteiger partial charge in [0.05, 0.1) is 6.20 Å². The number of aryl methyl sites for hydroxylation is 1. The van der Waals surface area contributed by atoms with Crippen LogP contribution in [0.4, 0.5) is 5.95 Å². The molecule has 4 heteroatoms. The number of hydrogen-bond donors (Lipinski definition) is 2. The Balaban J connectivity index is 2.37. The van der Waals surface area contributed by atoms with Crippen LogP contribution in [-0.2, 0) is 6.54 Å². The lowest BCUT2D eigenvalue weighted by Gasteiger charge is -2.22. The molecule has 0 aromatic carbocycles. The van der Waals surface area contributed by atoms with Crippen molar-refractivity contribution in [3.05, 3.63) is 11.9 Å². The number of fused-ring (bicyclic) bond motifs is 1. The van der Waals surface area contributed by atoms with Gasteiger partial charge in [0.15, 0.2) is 0 Å². The summed E-state index contributed by atoms with van der Waals surface area (Å²) in [5.74, 6) is 0.948. The number of nitrogens with one attached hydrogen (secondary N) is 1. The number of nitrogens with two attached hydrogens (primary N) is 1. The van der Waals surface area contributed by atoms with Gasteiger partial charge >= 0.3 is 0 Å². The zero-order valence-corrected chi connectivity index (χ0v) is 6.54. The van der Waals surface area contributed by atoms with Crippen molar-refractivity contribution in [1.82, 2.24) is 9.55 Å². The summed E-state index contributed by atoms with van der Waals surface area (Å²) in [5, 5.41) is 3.16. The lowest BCUT2D eigenvalue weighted by Crippen LogP contribution is -2.38. The fourth-order valence-electron chi connectivity index (χ4n) is 1.35. The largest absolute Gasteiger partial charge is 0.354 e. The quantitative estimate of drug-likeness (QED) is 0.547. The van der Waals surface area contributed by atoms with E-state index >= 15 is 0 Å². The van der Waals surface area contributed by atoms with Crippen molar-refractivity contribution < 1.29 is 0 Å². The first kappa shape index (κ1) is 6.67. The van der Waals surface area contributed by atoms with Crippen molar-refractivity contribution in [3.63, 3.8) is 0 Å². The first-order valence-corrected chi connectivity index (χ1v) is 3.79. The number of aromatic nitrogens is 2. The Labute approximate surface area is 65.4 Å². The van der Waals surface area contributed by atoms with E-state index in [0.717, 1.165) is 19.0 Å². The summed E-state index contributed by atoms with van der Waals surface area (Å²) in [4.78, 5) is 4.19. The van der Waals surface area contributed by atoms with Crippen LogP contribution in [0.15, 0.2) is 6.20 Å². The third-order valence-electron chi connectivity index (χ3n) is 1.99. The van der Waals surface area contributed by atoms with Crippen LogP contribution < -0.4 is 11.1 Å². The summed E-state index contributed by atoms with van der Waals surface area (Å²) >= 11 is 0. The number of rotatable bonds is 0. The van der Waals surface area contributed by atoms with Crippen molar-refractivity contribution in [2.45, 2.75) is 19.5 Å². The predicted octanol–water partition coefficient (Wildman–Crippen LogP) is -0.0557. The molecular formula is C7H12N4. The summed E-state index contributed by atoms with van der Waals surface area (Å²) < 4.78 is 2.11. The molecule has 4 nitrogen and oxygen atoms in total. The Bertz CT molecular complexity index is 265. The summed E-state index contributed by atoms with van der Waals surface area (Å²) in [6, 6.07) is 0.218. The third kappa shape index (κ3) is 0.991. The van der Waals surface area contributed by atoms with E-state index in [2.05, 4.69) is 14.9 Å². The summed E-state index contributed by atoms with van der Waals surface area (Å²) in [7, 11) is 0. The fraction of sp³-hybridized carbons (Fsp3) is 0.571. The first-order valence-electron chi connectivity index (χ1n) is 3.79. The zero-order chi connectivity index (χ0) is 7.84. The Morgan fingerprint density at radius 1 is 1.82 bits per heavy atom. The Hall–Kier alpha value is -1.03. The molecule has 0 amide bonds. The van der Waals surface area contributed by atoms with Crippen LogP contribution in [-0.4, -0.2) is 22.1 Å². The number of nitrogens with zero attached hydrogens (tertiary/aromatic N) is 2. The van der Waals surface area contributed by atoms with Crippen molar-refractivity contribution in [2.75, 3.05) is 11.9 Å². The van der Waals surface area contributed by atoms with Gasteiger partial charge in [0.1, 0.15) is 0 Å². The van der Waals surface area contributed by atoms with Crippen LogP contribution in [0.5, 0.6) is 0 Å². The lowest BCUT2D eigenvalue weighted by molar-refractivity contribution is 0.534. The Morgan fingerprint density at radius 3 is 3.45 bits per heavy atom. The maximum Gasteiger partial charge on any atom is 0.203 e. The second kappa shape index (κ2) is 2.23. The molecule has 1 aromatic heterocycles. The van der Waals surface area contributed by atoms with Crippen LogP contribution >= 0.6 is 0 Å². The second-order valence-electron chi connectivity index (χ2n) is 2.97. The molecule has 1 aliphatic heterocycles. The molecule has 0 spiro atoms. The van der Waals surface area contributed by atoms with E-state index in [1.54, 1.807) is 0 Å². The van der Waals surface area contributed by atoms with Gasteiger partial charge in [0.2, 0.25) is 5.95 Å². The number of anilines is 1. The molecule has 1 unspecified atom stereocenters. The van der Waals surface area contributed by atoms with E-state index in [0.29, 0.717) is 0 Å². The highest BCUT2D eigenvalue weighted by atomic mass is 15.2. The van der Waals surface area contributed by atoms with E-state index in [1.165, 1.54) is 5.69 Å². The highest BCUT2D eigenvalue weighted by Gasteiger charge is 2.15. The Kier molecular flexibility index (Phi) is 1.35. The average molecular weight is 152 g/mol. The van der Waals surface area contributed by atoms with Gasteiger partial charge in [-0.25, -0.2) is 4.98 Å². The summed E-state index contributed by atoms with van der Waals surface area (Å²) in [6.07, 6.45) is 1.86. The van der Waals surface area contributed by atoms with E-state index < -0.39 is 0 Å². The zero-order valence-electron chi connectivity index (χ0n) is 6.54. The minimum Gasteiger partial charge on any atom is -0.354 e. The molecule has 0 aliphatic carbocycles. The standard InChI is InChI=1S/C7H12N4/c1-5-2-9-7-10-3-6(8)4-11(5)7/h2,6H,3-4,8H2,1H3,(H,9,10). The molecule has 60 valence electrons. The maximum atomic E-state index is 5.77. The highest BCUT2D eigenvalue weighted by Crippen LogP contribution is 2.13. The van der Waals surface area contributed by atoms with Crippen LogP contribution in [0.3, 0.4) is 0 Å². The van der Waals surface area contributed by atoms with Crippen molar-refractivity contribution in [1.29, 1.82) is 0 Å². The second-order valence-corrected chi connectivity index (χ2v) is 2.97. The van der Waals surface area contributed by atoms with Crippen molar-refractivity contribution >= 4 is 5.95 Å². The molecule has 0 saturated heterocycles. The SMILES string of the molecule is Cc1cnc2n1CC(N)CN2. The Morgan fingerprint density at radius 2 is 2.64 bits per heavy atom. The number of imidazole rings is 1. The summed E-state index contributed by atoms with van der Waals surface area (Å²) in [6.45, 7) is 3.75. The van der Waals surface area contributed by atoms with Gasteiger partial charge in [-0.15, -0.1) is 0 Å². The van der Waals surface area contributed by atoms with Gasteiger partial charge in [0.25, 0.3) is 0 Å². The molecule has 1 aliphatic rings. The smallest absolute Gasteiger partial charge is 0.203 e. The topological polar surface area (TPSA) is 55.9 Å². The highest BCUT2D eigenvalue weighted by molar-refractivity contribution is 5.31. The molecule has 2 heterocycles. The molecule has 1 atom stereocenters. The minimum absolute atomic E-state index is 0.218. The van der Waals surface area contributed by atoms with Crippen molar-refractivity contribution in [2.24, 2.45) is 5.73 Å². The molecule has 11 heavy (non-hydrogen) atoms. The monoisotopic (exact) mass is 152 g/mol. The summed E-state index contributed by atoms with van der Waals surface area (Å²) in [5.41, 5.74) is 6.94. The van der Waals surface area contributed by atoms with Gasteiger partial charge in [-0.1, -0.05) is 0 Å². The van der Waals surface area contributed by atoms with Gasteiger partial charge < -0.3 is 15.6 Å². The molecule has 0 bridgehead atoms. The molecule has 0 saturated carbocycles. The van der Waals surface area contributed by atoms with Crippen LogP contribution in [0.2, 0.25) is 0 Å². The first-order chi connectivity index (χ1) is 5.27. The average Bonchev–Trinajstić information content (AvgIpc) is 2.33. The van der Waals surface area contributed by atoms with Gasteiger partial charge in [0, 0.05) is 24.8 Å². The predicted molar refractivity (Wildman–Crippen MR) is 43.4 cm³/mol. The van der Waals surface area contributed by atoms with Crippen LogP contribution in [0, 0.1) is 6.92 Å². The lowest BCUT2D eigenvalue weighted by atomic mass is 10.2. The van der Waals surface area contributed by atoms with E-state index in [-0.39, 0.29) is 6.04 Å². The molecule has 0 radical (unpaired) electrons. The van der Waals surface area contributed by atoms with Gasteiger partial charge in [-0.05, 0) is 6.92 Å². The fourth-order valence-corrected chi connectivity index (χ4v) is 1.35. The molecule has 1 aromatic rings. The van der Waals surface area contributed by atoms with Crippen molar-refractivity contribution in [3.8, 4) is 0 Å². The van der Waals surface area contributed by atoms with Gasteiger partial charge in [-0.2, -0.15) is 0 Å². The maximum absolute atomic E-state index is 5.77. The molecule has 3 N–H and O–H groups in total. The normalized spacial score (nSPS) is 22.5. The van der Waals surface area contributed by atoms with Crippen LogP contribution in [0.25, 0.3) is 0 Å².